The Bertz CT molecular complexity index is 1330. The van der Waals surface area contributed by atoms with Gasteiger partial charge in [0, 0.05) is 19.3 Å². The van der Waals surface area contributed by atoms with Gasteiger partial charge in [-0.2, -0.15) is 0 Å². The van der Waals surface area contributed by atoms with Crippen LogP contribution in [0.4, 0.5) is 0 Å². The second kappa shape index (κ2) is 50.7. The van der Waals surface area contributed by atoms with Crippen molar-refractivity contribution in [2.45, 2.75) is 219 Å². The second-order valence-corrected chi connectivity index (χ2v) is 16.3. The summed E-state index contributed by atoms with van der Waals surface area (Å²) < 4.78 is 16.7. The lowest BCUT2D eigenvalue weighted by Crippen LogP contribution is -2.30. The number of hydrogen-bond donors (Lipinski definition) is 0. The Kier molecular flexibility index (Phi) is 47.5. The predicted molar refractivity (Wildman–Crippen MR) is 270 cm³/mol. The van der Waals surface area contributed by atoms with Crippen molar-refractivity contribution in [1.82, 2.24) is 0 Å². The summed E-state index contributed by atoms with van der Waals surface area (Å²) in [6.45, 7) is 6.28. The van der Waals surface area contributed by atoms with E-state index in [1.807, 2.05) is 12.2 Å². The first-order chi connectivity index (χ1) is 31.0. The van der Waals surface area contributed by atoms with E-state index in [-0.39, 0.29) is 37.5 Å². The van der Waals surface area contributed by atoms with E-state index in [1.54, 1.807) is 0 Å². The molecule has 0 N–H and O–H groups in total. The molecule has 63 heavy (non-hydrogen) atoms. The Labute approximate surface area is 387 Å². The third kappa shape index (κ3) is 49.0. The summed E-state index contributed by atoms with van der Waals surface area (Å²) in [5, 5.41) is 0. The maximum atomic E-state index is 12.8. The van der Waals surface area contributed by atoms with Gasteiger partial charge in [0.1, 0.15) is 13.2 Å². The molecule has 356 valence electrons. The monoisotopic (exact) mass is 873 g/mol. The summed E-state index contributed by atoms with van der Waals surface area (Å²) in [7, 11) is 0. The Morgan fingerprint density at radius 1 is 0.333 bits per heavy atom. The SMILES string of the molecule is CC/C=C\C/C=C\C/C=C\C/C=C\CCC(=O)OCC(COC(=O)CCCCCCCCC/C=C\C/C=C\C/C=C\CC)OC(=O)CCCCCCC/C=C\C/C=C\CCCCC. The van der Waals surface area contributed by atoms with Crippen LogP contribution in [0.25, 0.3) is 0 Å². The summed E-state index contributed by atoms with van der Waals surface area (Å²) in [6.07, 6.45) is 68.0. The maximum absolute atomic E-state index is 12.8. The van der Waals surface area contributed by atoms with Gasteiger partial charge in [-0.1, -0.05) is 194 Å². The van der Waals surface area contributed by atoms with Gasteiger partial charge in [0.25, 0.3) is 0 Å². The molecule has 0 saturated carbocycles. The zero-order valence-corrected chi connectivity index (χ0v) is 40.5. The highest BCUT2D eigenvalue weighted by Crippen LogP contribution is 2.13. The van der Waals surface area contributed by atoms with Crippen LogP contribution < -0.4 is 0 Å². The van der Waals surface area contributed by atoms with E-state index in [9.17, 15) is 14.4 Å². The van der Waals surface area contributed by atoms with Crippen LogP contribution in [0.3, 0.4) is 0 Å². The number of carbonyl (C=O) groups excluding carboxylic acids is 3. The lowest BCUT2D eigenvalue weighted by atomic mass is 10.1. The summed E-state index contributed by atoms with van der Waals surface area (Å²) >= 11 is 0. The number of hydrogen-bond acceptors (Lipinski definition) is 6. The van der Waals surface area contributed by atoms with E-state index in [4.69, 9.17) is 14.2 Å². The maximum Gasteiger partial charge on any atom is 0.306 e. The van der Waals surface area contributed by atoms with Crippen LogP contribution in [0.2, 0.25) is 0 Å². The van der Waals surface area contributed by atoms with Crippen molar-refractivity contribution >= 4 is 17.9 Å². The predicted octanol–water partition coefficient (Wildman–Crippen LogP) is 16.8. The number of allylic oxidation sites excluding steroid dienone is 18. The molecular weight excluding hydrogens is 781 g/mol. The van der Waals surface area contributed by atoms with Gasteiger partial charge in [-0.3, -0.25) is 14.4 Å². The molecule has 6 heteroatoms. The van der Waals surface area contributed by atoms with Crippen LogP contribution in [0, 0.1) is 0 Å². The number of unbranched alkanes of at least 4 members (excludes halogenated alkanes) is 15. The first kappa shape index (κ1) is 59.1. The summed E-state index contributed by atoms with van der Waals surface area (Å²) in [5.74, 6) is -1.03. The number of ether oxygens (including phenoxy) is 3. The first-order valence-electron chi connectivity index (χ1n) is 25.4. The summed E-state index contributed by atoms with van der Waals surface area (Å²) in [5.41, 5.74) is 0. The van der Waals surface area contributed by atoms with E-state index in [2.05, 4.69) is 118 Å². The lowest BCUT2D eigenvalue weighted by molar-refractivity contribution is -0.166. The van der Waals surface area contributed by atoms with E-state index >= 15 is 0 Å². The average Bonchev–Trinajstić information content (AvgIpc) is 3.28. The molecule has 1 unspecified atom stereocenters. The smallest absolute Gasteiger partial charge is 0.306 e. The first-order valence-corrected chi connectivity index (χ1v) is 25.4. The van der Waals surface area contributed by atoms with Crippen molar-refractivity contribution in [1.29, 1.82) is 0 Å². The molecular formula is C57H92O6. The van der Waals surface area contributed by atoms with Gasteiger partial charge in [-0.15, -0.1) is 0 Å². The number of esters is 3. The van der Waals surface area contributed by atoms with Crippen LogP contribution in [-0.4, -0.2) is 37.2 Å². The molecule has 0 aromatic heterocycles. The van der Waals surface area contributed by atoms with Crippen LogP contribution in [0.1, 0.15) is 213 Å². The zero-order chi connectivity index (χ0) is 45.8. The van der Waals surface area contributed by atoms with Gasteiger partial charge in [0.2, 0.25) is 0 Å². The molecule has 0 radical (unpaired) electrons. The third-order valence-electron chi connectivity index (χ3n) is 10.3. The number of carbonyl (C=O) groups is 3. The lowest BCUT2D eigenvalue weighted by Gasteiger charge is -2.18. The Morgan fingerprint density at radius 2 is 0.651 bits per heavy atom. The molecule has 1 atom stereocenters. The van der Waals surface area contributed by atoms with Crippen molar-refractivity contribution in [2.24, 2.45) is 0 Å². The van der Waals surface area contributed by atoms with Crippen molar-refractivity contribution < 1.29 is 28.6 Å². The fourth-order valence-corrected chi connectivity index (χ4v) is 6.50. The fraction of sp³-hybridized carbons (Fsp3) is 0.632. The molecule has 0 aliphatic rings. The molecule has 0 aliphatic heterocycles. The van der Waals surface area contributed by atoms with Crippen molar-refractivity contribution in [3.05, 3.63) is 109 Å². The van der Waals surface area contributed by atoms with Gasteiger partial charge in [-0.25, -0.2) is 0 Å². The molecule has 0 aliphatic carbocycles. The van der Waals surface area contributed by atoms with Crippen molar-refractivity contribution in [3.63, 3.8) is 0 Å². The molecule has 0 bridgehead atoms. The van der Waals surface area contributed by atoms with Gasteiger partial charge < -0.3 is 14.2 Å². The minimum absolute atomic E-state index is 0.113. The molecule has 0 aromatic carbocycles. The molecule has 0 amide bonds. The molecule has 0 fully saturated rings. The second-order valence-electron chi connectivity index (χ2n) is 16.3. The van der Waals surface area contributed by atoms with Crippen molar-refractivity contribution in [2.75, 3.05) is 13.2 Å². The normalized spacial score (nSPS) is 13.0. The van der Waals surface area contributed by atoms with E-state index in [1.165, 1.54) is 51.4 Å². The van der Waals surface area contributed by atoms with Gasteiger partial charge in [0.05, 0.1) is 0 Å². The van der Waals surface area contributed by atoms with Crippen LogP contribution in [-0.2, 0) is 28.6 Å². The molecule has 0 aromatic rings. The van der Waals surface area contributed by atoms with Crippen LogP contribution in [0.5, 0.6) is 0 Å². The van der Waals surface area contributed by atoms with Gasteiger partial charge in [0.15, 0.2) is 6.10 Å². The zero-order valence-electron chi connectivity index (χ0n) is 40.5. The minimum Gasteiger partial charge on any atom is -0.462 e. The van der Waals surface area contributed by atoms with Crippen molar-refractivity contribution in [3.8, 4) is 0 Å². The number of rotatable bonds is 44. The fourth-order valence-electron chi connectivity index (χ4n) is 6.50. The quantitative estimate of drug-likeness (QED) is 0.0263. The van der Waals surface area contributed by atoms with Gasteiger partial charge in [-0.05, 0) is 109 Å². The largest absolute Gasteiger partial charge is 0.462 e. The van der Waals surface area contributed by atoms with Crippen LogP contribution >= 0.6 is 0 Å². The van der Waals surface area contributed by atoms with Gasteiger partial charge >= 0.3 is 17.9 Å². The highest BCUT2D eigenvalue weighted by Gasteiger charge is 2.19. The average molecular weight is 873 g/mol. The molecule has 0 rings (SSSR count). The highest BCUT2D eigenvalue weighted by molar-refractivity contribution is 5.71. The Hall–Kier alpha value is -3.93. The summed E-state index contributed by atoms with van der Waals surface area (Å²) in [6, 6.07) is 0. The highest BCUT2D eigenvalue weighted by atomic mass is 16.6. The van der Waals surface area contributed by atoms with E-state index in [0.29, 0.717) is 19.3 Å². The summed E-state index contributed by atoms with van der Waals surface area (Å²) in [4.78, 5) is 37.9. The van der Waals surface area contributed by atoms with E-state index < -0.39 is 6.10 Å². The molecule has 0 spiro atoms. The standard InChI is InChI=1S/C57H92O6/c1-4-7-10-13-16-19-22-25-27-28-30-32-35-38-41-44-47-50-56(59)62-53-54(52-61-55(58)49-46-43-40-37-34-31-24-21-18-15-12-9-6-3)63-57(60)51-48-45-42-39-36-33-29-26-23-20-17-14-11-8-5-2/h7,9-10,12,16-21,25-27,29,31,34,40,43,54H,4-6,8,11,13-15,22-24,28,30,32-33,35-39,41-42,44-53H2,1-3H3/b10-7-,12-9-,19-16-,20-17-,21-18-,27-25-,29-26-,34-31-,43-40-. The molecule has 6 nitrogen and oxygen atoms in total. The Morgan fingerprint density at radius 3 is 1.06 bits per heavy atom. The Balaban J connectivity index is 4.51. The topological polar surface area (TPSA) is 78.9 Å². The molecule has 0 heterocycles. The molecule has 0 saturated heterocycles. The van der Waals surface area contributed by atoms with E-state index in [0.717, 1.165) is 116 Å². The van der Waals surface area contributed by atoms with Crippen LogP contribution in [0.15, 0.2) is 109 Å². The minimum atomic E-state index is -0.819. The third-order valence-corrected chi connectivity index (χ3v) is 10.3.